The third-order valence-electron chi connectivity index (χ3n) is 9.14. The highest BCUT2D eigenvalue weighted by atomic mass is 16.5. The summed E-state index contributed by atoms with van der Waals surface area (Å²) in [7, 11) is 1.47. The number of methoxy groups -OCH3 is 1. The molecule has 0 amide bonds. The van der Waals surface area contributed by atoms with E-state index in [-0.39, 0.29) is 23.6 Å². The van der Waals surface area contributed by atoms with E-state index in [1.807, 2.05) is 0 Å². The van der Waals surface area contributed by atoms with Crippen molar-refractivity contribution in [1.82, 2.24) is 0 Å². The minimum absolute atomic E-state index is 0.0980. The Labute approximate surface area is 177 Å². The molecule has 3 aliphatic carbocycles. The minimum Gasteiger partial charge on any atom is -0.469 e. The molecule has 4 heteroatoms. The predicted molar refractivity (Wildman–Crippen MR) is 115 cm³/mol. The minimum atomic E-state index is -0.242. The van der Waals surface area contributed by atoms with E-state index in [0.717, 1.165) is 38.5 Å². The number of carbonyl (C=O) groups is 1. The summed E-state index contributed by atoms with van der Waals surface area (Å²) >= 11 is 0. The van der Waals surface area contributed by atoms with Crippen molar-refractivity contribution in [2.75, 3.05) is 7.11 Å². The zero-order valence-corrected chi connectivity index (χ0v) is 19.1. The molecule has 0 spiro atoms. The highest BCUT2D eigenvalue weighted by Gasteiger charge is 2.56. The third kappa shape index (κ3) is 5.01. The van der Waals surface area contributed by atoms with Crippen molar-refractivity contribution < 1.29 is 19.7 Å². The molecule has 2 N–H and O–H groups in total. The largest absolute Gasteiger partial charge is 0.469 e. The summed E-state index contributed by atoms with van der Waals surface area (Å²) in [6.45, 7) is 7.00. The lowest BCUT2D eigenvalue weighted by molar-refractivity contribution is -0.141. The molecule has 0 aliphatic heterocycles. The molecule has 9 atom stereocenters. The Kier molecular flexibility index (Phi) is 7.70. The maximum Gasteiger partial charge on any atom is 0.305 e. The molecule has 0 aromatic heterocycles. The number of rotatable bonds is 4. The van der Waals surface area contributed by atoms with Crippen LogP contribution >= 0.6 is 0 Å². The Morgan fingerprint density at radius 2 is 1.90 bits per heavy atom. The van der Waals surface area contributed by atoms with Crippen molar-refractivity contribution in [3.8, 4) is 0 Å². The quantitative estimate of drug-likeness (QED) is 0.646. The first-order valence-electron chi connectivity index (χ1n) is 12.2. The van der Waals surface area contributed by atoms with Crippen LogP contribution in [0.1, 0.15) is 91.4 Å². The molecule has 2 unspecified atom stereocenters. The van der Waals surface area contributed by atoms with Gasteiger partial charge in [-0.15, -0.1) is 0 Å². The van der Waals surface area contributed by atoms with E-state index in [4.69, 9.17) is 4.74 Å². The van der Waals surface area contributed by atoms with E-state index in [1.165, 1.54) is 32.8 Å². The van der Waals surface area contributed by atoms with Gasteiger partial charge in [0.2, 0.25) is 0 Å². The fraction of sp³-hybridized carbons (Fsp3) is 0.960. The van der Waals surface area contributed by atoms with Crippen LogP contribution in [-0.2, 0) is 9.53 Å². The van der Waals surface area contributed by atoms with Crippen LogP contribution in [0.3, 0.4) is 0 Å². The van der Waals surface area contributed by atoms with Gasteiger partial charge in [-0.1, -0.05) is 27.2 Å². The molecular weight excluding hydrogens is 364 g/mol. The third-order valence-corrected chi connectivity index (χ3v) is 9.14. The number of fused-ring (bicyclic) bond motifs is 3. The Morgan fingerprint density at radius 1 is 1.14 bits per heavy atom. The van der Waals surface area contributed by atoms with Crippen LogP contribution in [0.2, 0.25) is 0 Å². The molecule has 0 heterocycles. The average Bonchev–Trinajstić information content (AvgIpc) is 3.02. The van der Waals surface area contributed by atoms with Crippen molar-refractivity contribution in [1.29, 1.82) is 0 Å². The second-order valence-electron chi connectivity index (χ2n) is 11.0. The van der Waals surface area contributed by atoms with Crippen molar-refractivity contribution >= 4 is 5.97 Å². The summed E-state index contributed by atoms with van der Waals surface area (Å²) in [6.07, 6.45) is 10.7. The molecule has 3 aliphatic rings. The molecule has 3 saturated carbocycles. The van der Waals surface area contributed by atoms with Gasteiger partial charge in [0.1, 0.15) is 0 Å². The summed E-state index contributed by atoms with van der Waals surface area (Å²) in [5, 5.41) is 21.6. The lowest BCUT2D eigenvalue weighted by Gasteiger charge is -2.52. The zero-order valence-electron chi connectivity index (χ0n) is 19.1. The highest BCUT2D eigenvalue weighted by molar-refractivity contribution is 5.69. The van der Waals surface area contributed by atoms with E-state index in [1.54, 1.807) is 0 Å². The Bertz CT molecular complexity index is 549. The maximum absolute atomic E-state index is 11.6. The highest BCUT2D eigenvalue weighted by Crippen LogP contribution is 2.62. The Balaban J connectivity index is 1.74. The van der Waals surface area contributed by atoms with Crippen LogP contribution in [0.15, 0.2) is 0 Å². The summed E-state index contributed by atoms with van der Waals surface area (Å²) in [6, 6.07) is 0. The van der Waals surface area contributed by atoms with Crippen LogP contribution in [0.5, 0.6) is 0 Å². The number of aliphatic hydroxyl groups is 2. The molecule has 0 radical (unpaired) electrons. The van der Waals surface area contributed by atoms with E-state index in [0.29, 0.717) is 41.9 Å². The fourth-order valence-corrected chi connectivity index (χ4v) is 7.68. The first-order chi connectivity index (χ1) is 13.8. The number of carbonyl (C=O) groups excluding carboxylic acids is 1. The van der Waals surface area contributed by atoms with Crippen molar-refractivity contribution in [2.24, 2.45) is 40.9 Å². The molecule has 3 rings (SSSR count). The predicted octanol–water partition coefficient (Wildman–Crippen LogP) is 4.96. The van der Waals surface area contributed by atoms with Gasteiger partial charge in [0.15, 0.2) is 0 Å². The Hall–Kier alpha value is -0.610. The number of ether oxygens (including phenoxy) is 1. The summed E-state index contributed by atoms with van der Waals surface area (Å²) in [4.78, 5) is 11.6. The van der Waals surface area contributed by atoms with Crippen LogP contribution in [0, 0.1) is 40.9 Å². The van der Waals surface area contributed by atoms with Gasteiger partial charge in [0, 0.05) is 6.42 Å². The van der Waals surface area contributed by atoms with Crippen molar-refractivity contribution in [3.05, 3.63) is 0 Å². The lowest BCUT2D eigenvalue weighted by Crippen LogP contribution is -2.47. The van der Waals surface area contributed by atoms with Crippen LogP contribution < -0.4 is 0 Å². The fourth-order valence-electron chi connectivity index (χ4n) is 7.68. The lowest BCUT2D eigenvalue weighted by atomic mass is 9.54. The SMILES string of the molecule is COC(=O)CC[C@@H](C)C1CC[C@H]2[C@H]3[C@@H](CCC[C@@H](O)C[C@H](C)C[C@H]3O)CCC12C. The van der Waals surface area contributed by atoms with Gasteiger partial charge in [0.25, 0.3) is 0 Å². The van der Waals surface area contributed by atoms with E-state index < -0.39 is 0 Å². The van der Waals surface area contributed by atoms with Crippen LogP contribution in [0.4, 0.5) is 0 Å². The second-order valence-corrected chi connectivity index (χ2v) is 11.0. The molecule has 0 aromatic rings. The molecular formula is C25H44O4. The van der Waals surface area contributed by atoms with E-state index in [9.17, 15) is 15.0 Å². The first kappa shape index (κ1) is 23.1. The first-order valence-corrected chi connectivity index (χ1v) is 12.2. The van der Waals surface area contributed by atoms with Crippen molar-refractivity contribution in [3.63, 3.8) is 0 Å². The normalized spacial score (nSPS) is 44.4. The van der Waals surface area contributed by atoms with Gasteiger partial charge in [-0.25, -0.2) is 0 Å². The number of hydrogen-bond acceptors (Lipinski definition) is 4. The van der Waals surface area contributed by atoms with Crippen LogP contribution in [0.25, 0.3) is 0 Å². The van der Waals surface area contributed by atoms with Crippen LogP contribution in [-0.4, -0.2) is 35.5 Å². The average molecular weight is 409 g/mol. The topological polar surface area (TPSA) is 66.8 Å². The Morgan fingerprint density at radius 3 is 2.62 bits per heavy atom. The van der Waals surface area contributed by atoms with E-state index in [2.05, 4.69) is 20.8 Å². The molecule has 0 bridgehead atoms. The summed E-state index contributed by atoms with van der Waals surface area (Å²) in [5.74, 6) is 3.04. The second kappa shape index (κ2) is 9.68. The van der Waals surface area contributed by atoms with Gasteiger partial charge in [-0.05, 0) is 98.7 Å². The van der Waals surface area contributed by atoms with Crippen molar-refractivity contribution in [2.45, 2.75) is 104 Å². The summed E-state index contributed by atoms with van der Waals surface area (Å²) in [5.41, 5.74) is 0.282. The summed E-state index contributed by atoms with van der Waals surface area (Å²) < 4.78 is 4.86. The molecule has 0 aromatic carbocycles. The molecule has 0 saturated heterocycles. The number of esters is 1. The van der Waals surface area contributed by atoms with Gasteiger partial charge in [-0.2, -0.15) is 0 Å². The zero-order chi connectivity index (χ0) is 21.2. The number of hydrogen-bond donors (Lipinski definition) is 2. The van der Waals surface area contributed by atoms with Gasteiger partial charge in [-0.3, -0.25) is 4.79 Å². The molecule has 3 fully saturated rings. The van der Waals surface area contributed by atoms with E-state index >= 15 is 0 Å². The molecule has 168 valence electrons. The van der Waals surface area contributed by atoms with Gasteiger partial charge in [0.05, 0.1) is 19.3 Å². The standard InChI is InChI=1S/C25H44O4/c1-16-14-19(26)7-5-6-18-12-13-25(3)20(17(2)8-11-23(28)29-4)9-10-21(25)24(18)22(27)15-16/h16-22,24,26-27H,5-15H2,1-4H3/t16-,17+,18-,19+,20?,21-,22+,24+,25?/m0/s1. The smallest absolute Gasteiger partial charge is 0.305 e. The maximum atomic E-state index is 11.6. The molecule has 4 nitrogen and oxygen atoms in total. The molecule has 29 heavy (non-hydrogen) atoms. The van der Waals surface area contributed by atoms with Gasteiger partial charge < -0.3 is 14.9 Å². The van der Waals surface area contributed by atoms with Gasteiger partial charge >= 0.3 is 5.97 Å². The number of aliphatic hydroxyl groups excluding tert-OH is 2. The monoisotopic (exact) mass is 408 g/mol.